The zero-order chi connectivity index (χ0) is 15.5. The van der Waals surface area contributed by atoms with Crippen molar-refractivity contribution < 1.29 is 4.74 Å². The number of ether oxygens (including phenoxy) is 1. The van der Waals surface area contributed by atoms with Gasteiger partial charge in [-0.3, -0.25) is 0 Å². The highest BCUT2D eigenvalue weighted by molar-refractivity contribution is 5.59. The van der Waals surface area contributed by atoms with Gasteiger partial charge in [0.25, 0.3) is 0 Å². The maximum Gasteiger partial charge on any atom is 0.345 e. The largest absolute Gasteiger partial charge is 0.421 e. The van der Waals surface area contributed by atoms with Gasteiger partial charge >= 0.3 is 6.01 Å². The Morgan fingerprint density at radius 3 is 2.43 bits per heavy atom. The molecule has 1 aromatic heterocycles. The van der Waals surface area contributed by atoms with Gasteiger partial charge in [-0.05, 0) is 47.5 Å². The number of anilines is 1. The van der Waals surface area contributed by atoms with Crippen molar-refractivity contribution in [3.8, 4) is 17.4 Å². The van der Waals surface area contributed by atoms with Crippen molar-refractivity contribution in [1.82, 2.24) is 20.2 Å². The fourth-order valence-electron chi connectivity index (χ4n) is 2.83. The van der Waals surface area contributed by atoms with E-state index in [1.165, 1.54) is 12.8 Å². The molecule has 4 rings (SSSR count). The summed E-state index contributed by atoms with van der Waals surface area (Å²) in [5, 5.41) is 11.8. The van der Waals surface area contributed by atoms with Crippen molar-refractivity contribution in [1.29, 1.82) is 0 Å². The Morgan fingerprint density at radius 1 is 0.870 bits per heavy atom. The van der Waals surface area contributed by atoms with Crippen LogP contribution in [0.2, 0.25) is 0 Å². The van der Waals surface area contributed by atoms with Crippen LogP contribution in [-0.4, -0.2) is 33.3 Å². The number of rotatable bonds is 4. The summed E-state index contributed by atoms with van der Waals surface area (Å²) in [7, 11) is 0. The molecule has 1 aliphatic heterocycles. The van der Waals surface area contributed by atoms with E-state index in [9.17, 15) is 0 Å². The third kappa shape index (κ3) is 2.75. The second-order valence-electron chi connectivity index (χ2n) is 5.47. The molecule has 1 saturated heterocycles. The Balaban J connectivity index is 1.66. The molecule has 0 N–H and O–H groups in total. The van der Waals surface area contributed by atoms with Crippen molar-refractivity contribution in [3.05, 3.63) is 54.6 Å². The van der Waals surface area contributed by atoms with Gasteiger partial charge in [0.05, 0.1) is 11.4 Å². The van der Waals surface area contributed by atoms with Crippen molar-refractivity contribution >= 4 is 5.69 Å². The minimum atomic E-state index is 0.364. The minimum absolute atomic E-state index is 0.364. The predicted octanol–water partition coefficient (Wildman–Crippen LogP) is 3.05. The number of aromatic nitrogens is 4. The monoisotopic (exact) mass is 307 g/mol. The molecular weight excluding hydrogens is 290 g/mol. The molecule has 2 aromatic carbocycles. The SMILES string of the molecule is c1ccc(-n2nnnc2Oc2ccccc2N2CCCC2)cc1. The number of para-hydroxylation sites is 3. The molecule has 23 heavy (non-hydrogen) atoms. The Hall–Kier alpha value is -2.89. The van der Waals surface area contributed by atoms with E-state index in [2.05, 4.69) is 26.5 Å². The standard InChI is InChI=1S/C17H17N5O/c1-2-8-14(9-3-1)22-17(18-19-20-22)23-16-11-5-4-10-15(16)21-12-6-7-13-21/h1-5,8-11H,6-7,12-13H2. The lowest BCUT2D eigenvalue weighted by Crippen LogP contribution is -2.18. The normalized spacial score (nSPS) is 14.2. The van der Waals surface area contributed by atoms with E-state index >= 15 is 0 Å². The summed E-state index contributed by atoms with van der Waals surface area (Å²) in [5.74, 6) is 0.779. The number of tetrazole rings is 1. The molecule has 2 heterocycles. The molecule has 116 valence electrons. The van der Waals surface area contributed by atoms with E-state index in [1.54, 1.807) is 4.68 Å². The van der Waals surface area contributed by atoms with Crippen LogP contribution in [0.15, 0.2) is 54.6 Å². The highest BCUT2D eigenvalue weighted by Crippen LogP contribution is 2.33. The highest BCUT2D eigenvalue weighted by atomic mass is 16.5. The lowest BCUT2D eigenvalue weighted by molar-refractivity contribution is 0.427. The van der Waals surface area contributed by atoms with Gasteiger partial charge in [0.2, 0.25) is 0 Å². The first-order chi connectivity index (χ1) is 11.4. The number of hydrogen-bond acceptors (Lipinski definition) is 5. The molecule has 6 heteroatoms. The molecule has 0 radical (unpaired) electrons. The van der Waals surface area contributed by atoms with E-state index < -0.39 is 0 Å². The molecule has 1 fully saturated rings. The van der Waals surface area contributed by atoms with Gasteiger partial charge in [-0.15, -0.1) is 0 Å². The van der Waals surface area contributed by atoms with Gasteiger partial charge in [-0.25, -0.2) is 0 Å². The van der Waals surface area contributed by atoms with E-state index in [0.717, 1.165) is 30.2 Å². The van der Waals surface area contributed by atoms with Gasteiger partial charge in [-0.2, -0.15) is 4.68 Å². The van der Waals surface area contributed by atoms with Crippen LogP contribution in [0.1, 0.15) is 12.8 Å². The summed E-state index contributed by atoms with van der Waals surface area (Å²) >= 11 is 0. The van der Waals surface area contributed by atoms with Crippen molar-refractivity contribution in [2.24, 2.45) is 0 Å². The molecule has 3 aromatic rings. The minimum Gasteiger partial charge on any atom is -0.421 e. The lowest BCUT2D eigenvalue weighted by atomic mass is 10.2. The quantitative estimate of drug-likeness (QED) is 0.741. The number of nitrogens with zero attached hydrogens (tertiary/aromatic N) is 5. The van der Waals surface area contributed by atoms with Crippen molar-refractivity contribution in [2.45, 2.75) is 12.8 Å². The third-order valence-electron chi connectivity index (χ3n) is 3.95. The zero-order valence-corrected chi connectivity index (χ0v) is 12.7. The fraction of sp³-hybridized carbons (Fsp3) is 0.235. The summed E-state index contributed by atoms with van der Waals surface area (Å²) < 4.78 is 7.63. The Labute approximate surface area is 134 Å². The van der Waals surface area contributed by atoms with Crippen molar-refractivity contribution in [2.75, 3.05) is 18.0 Å². The van der Waals surface area contributed by atoms with Crippen LogP contribution in [0.5, 0.6) is 11.8 Å². The predicted molar refractivity (Wildman–Crippen MR) is 87.1 cm³/mol. The molecule has 0 unspecified atom stereocenters. The van der Waals surface area contributed by atoms with Gasteiger partial charge in [-0.1, -0.05) is 35.4 Å². The van der Waals surface area contributed by atoms with Gasteiger partial charge in [0.15, 0.2) is 5.75 Å². The fourth-order valence-corrected chi connectivity index (χ4v) is 2.83. The number of hydrogen-bond donors (Lipinski definition) is 0. The molecular formula is C17H17N5O. The number of benzene rings is 2. The van der Waals surface area contributed by atoms with Crippen molar-refractivity contribution in [3.63, 3.8) is 0 Å². The maximum absolute atomic E-state index is 6.03. The molecule has 0 bridgehead atoms. The van der Waals surface area contributed by atoms with Crippen LogP contribution in [0.4, 0.5) is 5.69 Å². The summed E-state index contributed by atoms with van der Waals surface area (Å²) in [4.78, 5) is 2.34. The topological polar surface area (TPSA) is 56.1 Å². The van der Waals surface area contributed by atoms with E-state index in [-0.39, 0.29) is 0 Å². The molecule has 0 spiro atoms. The van der Waals surface area contributed by atoms with Crippen LogP contribution in [0, 0.1) is 0 Å². The summed E-state index contributed by atoms with van der Waals surface area (Å²) in [6, 6.07) is 18.1. The zero-order valence-electron chi connectivity index (χ0n) is 12.7. The van der Waals surface area contributed by atoms with E-state index in [1.807, 2.05) is 48.5 Å². The first kappa shape index (κ1) is 13.8. The average molecular weight is 307 g/mol. The first-order valence-electron chi connectivity index (χ1n) is 7.77. The van der Waals surface area contributed by atoms with Crippen LogP contribution < -0.4 is 9.64 Å². The van der Waals surface area contributed by atoms with Crippen LogP contribution in [0.25, 0.3) is 5.69 Å². The second-order valence-corrected chi connectivity index (χ2v) is 5.47. The summed E-state index contributed by atoms with van der Waals surface area (Å²) in [6.45, 7) is 2.12. The Bertz CT molecular complexity index is 780. The van der Waals surface area contributed by atoms with Gasteiger partial charge in [0.1, 0.15) is 0 Å². The second kappa shape index (κ2) is 6.08. The van der Waals surface area contributed by atoms with Crippen LogP contribution >= 0.6 is 0 Å². The summed E-state index contributed by atoms with van der Waals surface area (Å²) in [5.41, 5.74) is 1.96. The molecule has 0 aliphatic carbocycles. The molecule has 1 aliphatic rings. The Morgan fingerprint density at radius 2 is 1.61 bits per heavy atom. The average Bonchev–Trinajstić information content (AvgIpc) is 3.28. The highest BCUT2D eigenvalue weighted by Gasteiger charge is 2.18. The summed E-state index contributed by atoms with van der Waals surface area (Å²) in [6.07, 6.45) is 2.44. The van der Waals surface area contributed by atoms with Crippen LogP contribution in [-0.2, 0) is 0 Å². The van der Waals surface area contributed by atoms with Gasteiger partial charge < -0.3 is 9.64 Å². The molecule has 0 atom stereocenters. The molecule has 0 saturated carbocycles. The first-order valence-corrected chi connectivity index (χ1v) is 7.77. The smallest absolute Gasteiger partial charge is 0.345 e. The van der Waals surface area contributed by atoms with E-state index in [4.69, 9.17) is 4.74 Å². The maximum atomic E-state index is 6.03. The Kier molecular flexibility index (Phi) is 3.63. The van der Waals surface area contributed by atoms with Gasteiger partial charge in [0, 0.05) is 13.1 Å². The third-order valence-corrected chi connectivity index (χ3v) is 3.95. The molecule has 0 amide bonds. The molecule has 6 nitrogen and oxygen atoms in total. The van der Waals surface area contributed by atoms with Crippen LogP contribution in [0.3, 0.4) is 0 Å². The lowest BCUT2D eigenvalue weighted by Gasteiger charge is -2.20. The van der Waals surface area contributed by atoms with E-state index in [0.29, 0.717) is 6.01 Å².